The van der Waals surface area contributed by atoms with Crippen molar-refractivity contribution < 1.29 is 0 Å². The van der Waals surface area contributed by atoms with Crippen LogP contribution in [0, 0.1) is 0 Å². The van der Waals surface area contributed by atoms with Gasteiger partial charge in [-0.05, 0) is 153 Å². The molecule has 0 aliphatic carbocycles. The summed E-state index contributed by atoms with van der Waals surface area (Å²) in [6.07, 6.45) is 0. The molecule has 78 heavy (non-hydrogen) atoms. The molecular weight excluding hydrogens is 982 g/mol. The summed E-state index contributed by atoms with van der Waals surface area (Å²) >= 11 is 1.89. The van der Waals surface area contributed by atoms with Crippen molar-refractivity contribution in [2.24, 2.45) is 0 Å². The maximum Gasteiger partial charge on any atom is 0.252 e. The first-order valence-electron chi connectivity index (χ1n) is 26.8. The van der Waals surface area contributed by atoms with Crippen molar-refractivity contribution in [2.45, 2.75) is 19.6 Å². The Morgan fingerprint density at radius 1 is 0.282 bits per heavy atom. The quantitative estimate of drug-likeness (QED) is 0.147. The van der Waals surface area contributed by atoms with Gasteiger partial charge >= 0.3 is 0 Å². The van der Waals surface area contributed by atoms with Gasteiger partial charge in [0.1, 0.15) is 0 Å². The number of hydrogen-bond acceptors (Lipinski definition) is 4. The van der Waals surface area contributed by atoms with E-state index in [1.165, 1.54) is 113 Å². The minimum Gasteiger partial charge on any atom is -0.311 e. The summed E-state index contributed by atoms with van der Waals surface area (Å²) in [6.45, 7) is -0.0470. The van der Waals surface area contributed by atoms with Crippen LogP contribution in [-0.2, 0) is 0 Å². The van der Waals surface area contributed by atoms with E-state index in [-0.39, 0.29) is 6.71 Å². The van der Waals surface area contributed by atoms with Crippen molar-refractivity contribution in [3.8, 4) is 22.3 Å². The smallest absolute Gasteiger partial charge is 0.252 e. The molecule has 0 radical (unpaired) electrons. The molecule has 0 bridgehead atoms. The number of benzene rings is 12. The Kier molecular flexibility index (Phi) is 10.3. The fourth-order valence-corrected chi connectivity index (χ4v) is 18.2. The van der Waals surface area contributed by atoms with E-state index >= 15 is 0 Å². The van der Waals surface area contributed by atoms with Gasteiger partial charge in [-0.25, -0.2) is 0 Å². The first-order chi connectivity index (χ1) is 38.7. The van der Waals surface area contributed by atoms with Gasteiger partial charge in [0.15, 0.2) is 0 Å². The number of thiophene rings is 1. The number of nitrogens with zero attached hydrogens (tertiary/aromatic N) is 3. The molecule has 6 heteroatoms. The highest BCUT2D eigenvalue weighted by Crippen LogP contribution is 2.80. The van der Waals surface area contributed by atoms with Gasteiger partial charge in [0.25, 0.3) is 6.71 Å². The minimum absolute atomic E-state index is 0.0470. The standard InChI is InChI=1S/C72H48BN3S2/c1-7-22-49(23-8-1)51-38-42-62-70(44-51)78(56-30-15-5-16-31-56,57-32-17-6-18-33-57)71-45-52(50-24-9-2-10-25-50)39-43-63(71)76(62)55-40-41-60-66(46-55)74(53-26-11-3-12-27-53)64-35-21-36-65-72(64)73(60)61-47-59-58-34-19-20-37-68(58)77-69(59)48-67(61)75(65)54-28-13-4-14-29-54/h1-48H. The summed E-state index contributed by atoms with van der Waals surface area (Å²) < 4.78 is 2.60. The first kappa shape index (κ1) is 44.9. The lowest BCUT2D eigenvalue weighted by Gasteiger charge is -2.50. The highest BCUT2D eigenvalue weighted by atomic mass is 32.3. The van der Waals surface area contributed by atoms with E-state index in [1.54, 1.807) is 0 Å². The van der Waals surface area contributed by atoms with E-state index in [4.69, 9.17) is 0 Å². The van der Waals surface area contributed by atoms with E-state index in [9.17, 15) is 0 Å². The van der Waals surface area contributed by atoms with Crippen molar-refractivity contribution in [1.82, 2.24) is 0 Å². The van der Waals surface area contributed by atoms with Crippen LogP contribution in [-0.4, -0.2) is 6.71 Å². The lowest BCUT2D eigenvalue weighted by Crippen LogP contribution is -2.61. The third-order valence-electron chi connectivity index (χ3n) is 16.2. The van der Waals surface area contributed by atoms with Gasteiger partial charge in [0.2, 0.25) is 0 Å². The largest absolute Gasteiger partial charge is 0.311 e. The fraction of sp³-hybridized carbons (Fsp3) is 0. The predicted octanol–water partition coefficient (Wildman–Crippen LogP) is 18.6. The average molecular weight is 1030 g/mol. The molecule has 0 atom stereocenters. The third kappa shape index (κ3) is 6.73. The number of rotatable bonds is 7. The summed E-state index contributed by atoms with van der Waals surface area (Å²) in [5.74, 6) is 0. The molecule has 3 aliphatic heterocycles. The molecule has 0 N–H and O–H groups in total. The van der Waals surface area contributed by atoms with Gasteiger partial charge in [-0.3, -0.25) is 0 Å². The second-order valence-corrected chi connectivity index (χ2v) is 24.5. The Labute approximate surface area is 460 Å². The van der Waals surface area contributed by atoms with Crippen LogP contribution in [0.15, 0.2) is 311 Å². The van der Waals surface area contributed by atoms with E-state index in [1.807, 2.05) is 11.3 Å². The molecule has 0 spiro atoms. The minimum atomic E-state index is -2.14. The van der Waals surface area contributed by atoms with Gasteiger partial charge in [-0.15, -0.1) is 21.4 Å². The van der Waals surface area contributed by atoms with Gasteiger partial charge in [-0.2, -0.15) is 0 Å². The Hall–Kier alpha value is -9.33. The summed E-state index contributed by atoms with van der Waals surface area (Å²) in [7, 11) is -2.14. The molecular formula is C72H48BN3S2. The topological polar surface area (TPSA) is 9.72 Å². The maximum atomic E-state index is 2.58. The summed E-state index contributed by atoms with van der Waals surface area (Å²) in [5.41, 5.74) is 19.2. The van der Waals surface area contributed by atoms with Crippen molar-refractivity contribution >= 4 is 116 Å². The molecule has 0 saturated heterocycles. The zero-order chi connectivity index (χ0) is 51.3. The monoisotopic (exact) mass is 1030 g/mol. The van der Waals surface area contributed by atoms with Crippen LogP contribution in [0.25, 0.3) is 42.4 Å². The van der Waals surface area contributed by atoms with E-state index in [2.05, 4.69) is 306 Å². The van der Waals surface area contributed by atoms with Crippen molar-refractivity contribution in [3.05, 3.63) is 291 Å². The van der Waals surface area contributed by atoms with E-state index in [0.717, 1.165) is 17.1 Å². The molecule has 0 fully saturated rings. The molecule has 0 saturated carbocycles. The highest BCUT2D eigenvalue weighted by Gasteiger charge is 2.46. The molecule has 366 valence electrons. The second kappa shape index (κ2) is 17.9. The van der Waals surface area contributed by atoms with Crippen molar-refractivity contribution in [3.63, 3.8) is 0 Å². The SMILES string of the molecule is c1ccc(-c2ccc3c(c2)S(c2ccccc2)(c2ccccc2)c2cc(-c4ccccc4)ccc2N3c2ccc3c(c2)N(c2ccccc2)c2cccc4c2B3c2cc3c(cc2N4c2ccccc2)sc2ccccc23)cc1. The molecule has 4 heterocycles. The molecule has 3 aliphatic rings. The van der Waals surface area contributed by atoms with E-state index in [0.29, 0.717) is 0 Å². The van der Waals surface area contributed by atoms with Gasteiger partial charge in [0.05, 0.1) is 11.4 Å². The van der Waals surface area contributed by atoms with Crippen LogP contribution in [0.2, 0.25) is 0 Å². The summed E-state index contributed by atoms with van der Waals surface area (Å²) in [4.78, 5) is 12.8. The normalized spacial score (nSPS) is 14.1. The van der Waals surface area contributed by atoms with Crippen LogP contribution in [0.1, 0.15) is 0 Å². The van der Waals surface area contributed by atoms with E-state index < -0.39 is 10.0 Å². The summed E-state index contributed by atoms with van der Waals surface area (Å²) in [5, 5.41) is 2.61. The molecule has 3 nitrogen and oxygen atoms in total. The molecule has 16 rings (SSSR count). The molecule has 1 aromatic heterocycles. The fourth-order valence-electron chi connectivity index (χ4n) is 12.9. The number of hydrogen-bond donors (Lipinski definition) is 0. The zero-order valence-corrected chi connectivity index (χ0v) is 44.1. The number of anilines is 9. The van der Waals surface area contributed by atoms with Crippen molar-refractivity contribution in [2.75, 3.05) is 14.7 Å². The number of para-hydroxylation sites is 2. The second-order valence-electron chi connectivity index (χ2n) is 20.4. The average Bonchev–Trinajstić information content (AvgIpc) is 3.77. The van der Waals surface area contributed by atoms with Crippen LogP contribution in [0.4, 0.5) is 51.2 Å². The van der Waals surface area contributed by atoms with Gasteiger partial charge < -0.3 is 14.7 Å². The Morgan fingerprint density at radius 2 is 0.756 bits per heavy atom. The highest BCUT2D eigenvalue weighted by molar-refractivity contribution is 8.34. The van der Waals surface area contributed by atoms with Gasteiger partial charge in [-0.1, -0.05) is 182 Å². The lowest BCUT2D eigenvalue weighted by atomic mass is 9.33. The van der Waals surface area contributed by atoms with Gasteiger partial charge in [0, 0.05) is 74.2 Å². The van der Waals surface area contributed by atoms with Crippen LogP contribution >= 0.6 is 21.4 Å². The predicted molar refractivity (Wildman–Crippen MR) is 332 cm³/mol. The third-order valence-corrected chi connectivity index (χ3v) is 21.3. The van der Waals surface area contributed by atoms with Crippen LogP contribution in [0.3, 0.4) is 0 Å². The Bertz CT molecular complexity index is 4320. The number of fused-ring (bicyclic) bond motifs is 9. The first-order valence-corrected chi connectivity index (χ1v) is 29.2. The van der Waals surface area contributed by atoms with Crippen molar-refractivity contribution in [1.29, 1.82) is 0 Å². The molecule has 12 aromatic carbocycles. The van der Waals surface area contributed by atoms with Crippen LogP contribution in [0.5, 0.6) is 0 Å². The molecule has 0 amide bonds. The van der Waals surface area contributed by atoms with Crippen LogP contribution < -0.4 is 31.1 Å². The maximum absolute atomic E-state index is 2.58. The zero-order valence-electron chi connectivity index (χ0n) is 42.4. The Morgan fingerprint density at radius 3 is 1.31 bits per heavy atom. The Balaban J connectivity index is 0.990. The lowest BCUT2D eigenvalue weighted by molar-refractivity contribution is 1.12. The molecule has 13 aromatic rings. The molecule has 0 unspecified atom stereocenters. The summed E-state index contributed by atoms with van der Waals surface area (Å²) in [6, 6.07) is 109.